The number of carbonyl (C=O) groups excluding carboxylic acids is 1. The zero-order chi connectivity index (χ0) is 17.4. The van der Waals surface area contributed by atoms with Crippen molar-refractivity contribution in [2.75, 3.05) is 36.0 Å². The van der Waals surface area contributed by atoms with Crippen LogP contribution in [0.2, 0.25) is 0 Å². The molecule has 1 amide bonds. The number of carbonyl (C=O) groups is 1. The molecule has 0 bridgehead atoms. The molecule has 0 aliphatic carbocycles. The van der Waals surface area contributed by atoms with Crippen LogP contribution in [0.5, 0.6) is 0 Å². The highest BCUT2D eigenvalue weighted by atomic mass is 16.5. The Morgan fingerprint density at radius 2 is 2.04 bits per heavy atom. The summed E-state index contributed by atoms with van der Waals surface area (Å²) in [7, 11) is 0. The first-order valence-electron chi connectivity index (χ1n) is 8.70. The fourth-order valence-corrected chi connectivity index (χ4v) is 3.61. The lowest BCUT2D eigenvalue weighted by Gasteiger charge is -2.35. The van der Waals surface area contributed by atoms with Crippen molar-refractivity contribution in [2.24, 2.45) is 0 Å². The molecule has 4 rings (SSSR count). The van der Waals surface area contributed by atoms with Crippen molar-refractivity contribution in [1.29, 1.82) is 0 Å². The summed E-state index contributed by atoms with van der Waals surface area (Å²) in [4.78, 5) is 25.8. The number of nitrogens with zero attached hydrogens (tertiary/aromatic N) is 4. The van der Waals surface area contributed by atoms with Crippen LogP contribution in [0.25, 0.3) is 0 Å². The second-order valence-electron chi connectivity index (χ2n) is 6.59. The van der Waals surface area contributed by atoms with Gasteiger partial charge in [0.15, 0.2) is 6.10 Å². The molecule has 1 fully saturated rings. The van der Waals surface area contributed by atoms with Gasteiger partial charge in [-0.2, -0.15) is 0 Å². The van der Waals surface area contributed by atoms with E-state index in [1.54, 1.807) is 0 Å². The summed E-state index contributed by atoms with van der Waals surface area (Å²) in [5.41, 5.74) is 3.18. The van der Waals surface area contributed by atoms with E-state index in [0.717, 1.165) is 42.5 Å². The standard InChI is InChI=1S/C19H22N4O2/c1-13-11-18(21-14(2)20-13)22-9-10-25-17(12-22)19(24)23-8-7-15-5-3-4-6-16(15)23/h3-6,11,17H,7-10,12H2,1-2H3. The molecule has 25 heavy (non-hydrogen) atoms. The average molecular weight is 338 g/mol. The summed E-state index contributed by atoms with van der Waals surface area (Å²) in [6.07, 6.45) is 0.443. The van der Waals surface area contributed by atoms with Gasteiger partial charge in [0.25, 0.3) is 5.91 Å². The summed E-state index contributed by atoms with van der Waals surface area (Å²) < 4.78 is 5.80. The predicted molar refractivity (Wildman–Crippen MR) is 96.0 cm³/mol. The van der Waals surface area contributed by atoms with Gasteiger partial charge in [0.1, 0.15) is 11.6 Å². The van der Waals surface area contributed by atoms with Crippen molar-refractivity contribution in [2.45, 2.75) is 26.4 Å². The molecule has 1 saturated heterocycles. The Morgan fingerprint density at radius 1 is 1.20 bits per heavy atom. The third kappa shape index (κ3) is 3.09. The van der Waals surface area contributed by atoms with Crippen molar-refractivity contribution in [3.63, 3.8) is 0 Å². The molecule has 130 valence electrons. The minimum absolute atomic E-state index is 0.0390. The number of fused-ring (bicyclic) bond motifs is 1. The molecular weight excluding hydrogens is 316 g/mol. The molecule has 2 aliphatic rings. The van der Waals surface area contributed by atoms with Crippen LogP contribution in [0.15, 0.2) is 30.3 Å². The summed E-state index contributed by atoms with van der Waals surface area (Å²) in [6.45, 7) is 6.35. The number of benzene rings is 1. The number of amides is 1. The maximum Gasteiger partial charge on any atom is 0.257 e. The van der Waals surface area contributed by atoms with Crippen LogP contribution in [0.1, 0.15) is 17.1 Å². The molecule has 1 atom stereocenters. The number of hydrogen-bond donors (Lipinski definition) is 0. The van der Waals surface area contributed by atoms with E-state index < -0.39 is 6.10 Å². The molecule has 2 aromatic rings. The second-order valence-corrected chi connectivity index (χ2v) is 6.59. The van der Waals surface area contributed by atoms with Gasteiger partial charge < -0.3 is 14.5 Å². The molecule has 0 saturated carbocycles. The summed E-state index contributed by atoms with van der Waals surface area (Å²) in [6, 6.07) is 10.1. The van der Waals surface area contributed by atoms with Gasteiger partial charge in [-0.1, -0.05) is 18.2 Å². The normalized spacial score (nSPS) is 19.8. The average Bonchev–Trinajstić information content (AvgIpc) is 3.04. The minimum Gasteiger partial charge on any atom is -0.365 e. The Balaban J connectivity index is 1.52. The molecule has 0 radical (unpaired) electrons. The molecule has 3 heterocycles. The lowest BCUT2D eigenvalue weighted by atomic mass is 10.2. The smallest absolute Gasteiger partial charge is 0.257 e. The number of ether oxygens (including phenoxy) is 1. The molecule has 0 spiro atoms. The van der Waals surface area contributed by atoms with E-state index in [0.29, 0.717) is 13.2 Å². The Labute approximate surface area is 147 Å². The maximum atomic E-state index is 13.0. The molecule has 6 heteroatoms. The Hall–Kier alpha value is -2.47. The first-order chi connectivity index (χ1) is 12.1. The Kier molecular flexibility index (Phi) is 4.13. The van der Waals surface area contributed by atoms with Crippen LogP contribution < -0.4 is 9.80 Å². The zero-order valence-corrected chi connectivity index (χ0v) is 14.6. The molecular formula is C19H22N4O2. The monoisotopic (exact) mass is 338 g/mol. The van der Waals surface area contributed by atoms with Gasteiger partial charge in [-0.3, -0.25) is 4.79 Å². The van der Waals surface area contributed by atoms with Gasteiger partial charge in [-0.15, -0.1) is 0 Å². The molecule has 1 aromatic heterocycles. The van der Waals surface area contributed by atoms with E-state index in [-0.39, 0.29) is 5.91 Å². The first-order valence-corrected chi connectivity index (χ1v) is 8.70. The van der Waals surface area contributed by atoms with E-state index in [1.165, 1.54) is 5.56 Å². The molecule has 1 aromatic carbocycles. The number of para-hydroxylation sites is 1. The topological polar surface area (TPSA) is 58.6 Å². The van der Waals surface area contributed by atoms with Crippen LogP contribution in [0, 0.1) is 13.8 Å². The maximum absolute atomic E-state index is 13.0. The van der Waals surface area contributed by atoms with Crippen molar-refractivity contribution < 1.29 is 9.53 Å². The fraction of sp³-hybridized carbons (Fsp3) is 0.421. The lowest BCUT2D eigenvalue weighted by Crippen LogP contribution is -2.51. The highest BCUT2D eigenvalue weighted by Gasteiger charge is 2.34. The van der Waals surface area contributed by atoms with Crippen LogP contribution in [-0.2, 0) is 16.0 Å². The van der Waals surface area contributed by atoms with Crippen LogP contribution in [0.3, 0.4) is 0 Å². The number of aromatic nitrogens is 2. The third-order valence-corrected chi connectivity index (χ3v) is 4.77. The van der Waals surface area contributed by atoms with Gasteiger partial charge >= 0.3 is 0 Å². The SMILES string of the molecule is Cc1cc(N2CCOC(C(=O)N3CCc4ccccc43)C2)nc(C)n1. The number of rotatable bonds is 2. The van der Waals surface area contributed by atoms with Crippen molar-refractivity contribution in [3.05, 3.63) is 47.4 Å². The third-order valence-electron chi connectivity index (χ3n) is 4.77. The summed E-state index contributed by atoms with van der Waals surface area (Å²) in [5.74, 6) is 1.66. The van der Waals surface area contributed by atoms with Crippen molar-refractivity contribution in [1.82, 2.24) is 9.97 Å². The Morgan fingerprint density at radius 3 is 2.88 bits per heavy atom. The summed E-state index contributed by atoms with van der Waals surface area (Å²) >= 11 is 0. The van der Waals surface area contributed by atoms with Crippen molar-refractivity contribution in [3.8, 4) is 0 Å². The molecule has 6 nitrogen and oxygen atoms in total. The molecule has 1 unspecified atom stereocenters. The lowest BCUT2D eigenvalue weighted by molar-refractivity contribution is -0.130. The highest BCUT2D eigenvalue weighted by Crippen LogP contribution is 2.29. The van der Waals surface area contributed by atoms with Gasteiger partial charge in [0.05, 0.1) is 13.2 Å². The first kappa shape index (κ1) is 16.0. The second kappa shape index (κ2) is 6.44. The number of aryl methyl sites for hydroxylation is 2. The van der Waals surface area contributed by atoms with Crippen LogP contribution in [0.4, 0.5) is 11.5 Å². The van der Waals surface area contributed by atoms with E-state index >= 15 is 0 Å². The van der Waals surface area contributed by atoms with E-state index in [1.807, 2.05) is 43.0 Å². The van der Waals surface area contributed by atoms with E-state index in [2.05, 4.69) is 20.9 Å². The Bertz CT molecular complexity index is 788. The van der Waals surface area contributed by atoms with E-state index in [4.69, 9.17) is 4.74 Å². The minimum atomic E-state index is -0.463. The molecule has 0 N–H and O–H groups in total. The van der Waals surface area contributed by atoms with Gasteiger partial charge in [-0.25, -0.2) is 9.97 Å². The number of anilines is 2. The number of morpholine rings is 1. The van der Waals surface area contributed by atoms with Crippen LogP contribution >= 0.6 is 0 Å². The number of hydrogen-bond acceptors (Lipinski definition) is 5. The van der Waals surface area contributed by atoms with Gasteiger partial charge in [-0.05, 0) is 31.9 Å². The van der Waals surface area contributed by atoms with Gasteiger partial charge in [0, 0.05) is 30.5 Å². The highest BCUT2D eigenvalue weighted by molar-refractivity contribution is 5.98. The summed E-state index contributed by atoms with van der Waals surface area (Å²) in [5, 5.41) is 0. The van der Waals surface area contributed by atoms with Gasteiger partial charge in [0.2, 0.25) is 0 Å². The zero-order valence-electron chi connectivity index (χ0n) is 14.6. The largest absolute Gasteiger partial charge is 0.365 e. The van der Waals surface area contributed by atoms with E-state index in [9.17, 15) is 4.79 Å². The van der Waals surface area contributed by atoms with Crippen LogP contribution in [-0.4, -0.2) is 48.2 Å². The quantitative estimate of drug-likeness (QED) is 0.837. The fourth-order valence-electron chi connectivity index (χ4n) is 3.61. The predicted octanol–water partition coefficient (Wildman–Crippen LogP) is 1.89. The van der Waals surface area contributed by atoms with Crippen molar-refractivity contribution >= 4 is 17.4 Å². The molecule has 2 aliphatic heterocycles.